The number of nitrogens with two attached hydrogens (primary N) is 2. The van der Waals surface area contributed by atoms with E-state index in [9.17, 15) is 46.6 Å². The molecule has 0 amide bonds. The molecule has 2 aromatic carbocycles. The van der Waals surface area contributed by atoms with Crippen LogP contribution in [0.5, 0.6) is 11.5 Å². The number of hydrogen-bond donors (Lipinski definition) is 4. The molecule has 0 saturated carbocycles. The largest absolute Gasteiger partial charge is 0.506 e. The summed E-state index contributed by atoms with van der Waals surface area (Å²) < 4.78 is 92.0. The maximum atomic E-state index is 14.5. The molecule has 0 aliphatic carbocycles. The SMILES string of the molecule is COC(=O)c1c(N)c(C#N)cn1-c1cc(C(c2ccc(O)c(N)c2)(C(F)(F)F)C(F)(F)F)ccc1O. The molecule has 36 heavy (non-hydrogen) atoms. The topological polar surface area (TPSA) is 148 Å². The second-order valence-corrected chi connectivity index (χ2v) is 7.50. The average molecular weight is 514 g/mol. The van der Waals surface area contributed by atoms with Crippen LogP contribution in [0.2, 0.25) is 0 Å². The fourth-order valence-corrected chi connectivity index (χ4v) is 3.82. The number of phenols is 2. The van der Waals surface area contributed by atoms with Crippen molar-refractivity contribution in [3.05, 3.63) is 65.0 Å². The normalized spacial score (nSPS) is 12.3. The molecule has 0 spiro atoms. The molecule has 1 aromatic heterocycles. The second kappa shape index (κ2) is 8.59. The number of alkyl halides is 6. The van der Waals surface area contributed by atoms with Crippen LogP contribution in [0.25, 0.3) is 5.69 Å². The van der Waals surface area contributed by atoms with Gasteiger partial charge in [0.05, 0.1) is 29.7 Å². The number of carbonyl (C=O) groups excluding carboxylic acids is 1. The van der Waals surface area contributed by atoms with Crippen molar-refractivity contribution in [2.75, 3.05) is 18.6 Å². The first kappa shape index (κ1) is 26.1. The predicted molar refractivity (Wildman–Crippen MR) is 113 cm³/mol. The number of phenolic OH excluding ortho intramolecular Hbond substituents is 2. The molecule has 0 bridgehead atoms. The van der Waals surface area contributed by atoms with Gasteiger partial charge < -0.3 is 31.0 Å². The summed E-state index contributed by atoms with van der Waals surface area (Å²) in [4.78, 5) is 12.2. The molecular formula is C22H16F6N4O4. The van der Waals surface area contributed by atoms with Crippen LogP contribution in [-0.2, 0) is 10.2 Å². The van der Waals surface area contributed by atoms with Gasteiger partial charge in [0.15, 0.2) is 5.69 Å². The van der Waals surface area contributed by atoms with Gasteiger partial charge >= 0.3 is 18.3 Å². The third-order valence-electron chi connectivity index (χ3n) is 5.52. The number of hydrogen-bond acceptors (Lipinski definition) is 7. The summed E-state index contributed by atoms with van der Waals surface area (Å²) in [5, 5.41) is 29.2. The number of methoxy groups -OCH3 is 1. The van der Waals surface area contributed by atoms with E-state index >= 15 is 0 Å². The number of benzene rings is 2. The fourth-order valence-electron chi connectivity index (χ4n) is 3.82. The van der Waals surface area contributed by atoms with Gasteiger partial charge in [0, 0.05) is 6.20 Å². The standard InChI is InChI=1S/C22H16F6N4O4/c1-36-19(35)18-17(31)10(8-29)9-32(18)14-7-12(3-5-16(14)34)20(21(23,24)25,22(26,27)28)11-2-4-15(33)13(30)6-11/h2-7,9,33-34H,30-31H2,1H3. The first-order valence-corrected chi connectivity index (χ1v) is 9.67. The molecule has 0 atom stereocenters. The number of nitrogen functional groups attached to an aromatic ring is 2. The van der Waals surface area contributed by atoms with Gasteiger partial charge in [0.2, 0.25) is 5.41 Å². The summed E-state index contributed by atoms with van der Waals surface area (Å²) >= 11 is 0. The van der Waals surface area contributed by atoms with E-state index in [4.69, 9.17) is 11.5 Å². The minimum absolute atomic E-state index is 0.337. The highest BCUT2D eigenvalue weighted by atomic mass is 19.4. The van der Waals surface area contributed by atoms with Crippen LogP contribution in [0.1, 0.15) is 27.2 Å². The molecule has 0 saturated heterocycles. The number of nitrogens with zero attached hydrogens (tertiary/aromatic N) is 2. The molecular weight excluding hydrogens is 498 g/mol. The average Bonchev–Trinajstić information content (AvgIpc) is 3.11. The van der Waals surface area contributed by atoms with Crippen molar-refractivity contribution < 1.29 is 46.1 Å². The number of aromatic nitrogens is 1. The molecule has 14 heteroatoms. The van der Waals surface area contributed by atoms with Crippen LogP contribution in [0.15, 0.2) is 42.6 Å². The molecule has 3 aromatic rings. The lowest BCUT2D eigenvalue weighted by Crippen LogP contribution is -2.54. The van der Waals surface area contributed by atoms with Crippen LogP contribution < -0.4 is 11.5 Å². The van der Waals surface area contributed by atoms with E-state index in [0.29, 0.717) is 41.0 Å². The minimum Gasteiger partial charge on any atom is -0.506 e. The van der Waals surface area contributed by atoms with Gasteiger partial charge in [0.25, 0.3) is 0 Å². The predicted octanol–water partition coefficient (Wildman–Crippen LogP) is 4.12. The van der Waals surface area contributed by atoms with E-state index in [1.165, 1.54) is 0 Å². The van der Waals surface area contributed by atoms with Crippen molar-refractivity contribution in [1.82, 2.24) is 4.57 Å². The molecule has 0 radical (unpaired) electrons. The number of ether oxygens (including phenoxy) is 1. The summed E-state index contributed by atoms with van der Waals surface area (Å²) in [6, 6.07) is 4.27. The quantitative estimate of drug-likeness (QED) is 0.177. The van der Waals surface area contributed by atoms with Crippen molar-refractivity contribution >= 4 is 17.3 Å². The van der Waals surface area contributed by atoms with Gasteiger partial charge in [-0.15, -0.1) is 0 Å². The smallest absolute Gasteiger partial charge is 0.411 e. The molecule has 3 rings (SSSR count). The van der Waals surface area contributed by atoms with Crippen LogP contribution >= 0.6 is 0 Å². The first-order valence-electron chi connectivity index (χ1n) is 9.67. The van der Waals surface area contributed by atoms with Crippen molar-refractivity contribution in [3.63, 3.8) is 0 Å². The number of rotatable bonds is 4. The molecule has 0 fully saturated rings. The van der Waals surface area contributed by atoms with Gasteiger partial charge in [0.1, 0.15) is 17.6 Å². The Hall–Kier alpha value is -4.54. The second-order valence-electron chi connectivity index (χ2n) is 7.50. The first-order chi connectivity index (χ1) is 16.6. The molecule has 0 aliphatic heterocycles. The minimum atomic E-state index is -6.01. The summed E-state index contributed by atoms with van der Waals surface area (Å²) in [7, 11) is 0.926. The van der Waals surface area contributed by atoms with Gasteiger partial charge in [-0.1, -0.05) is 12.1 Å². The van der Waals surface area contributed by atoms with Crippen LogP contribution in [-0.4, -0.2) is 40.2 Å². The highest BCUT2D eigenvalue weighted by Gasteiger charge is 2.72. The van der Waals surface area contributed by atoms with Crippen molar-refractivity contribution in [2.24, 2.45) is 0 Å². The highest BCUT2D eigenvalue weighted by Crippen LogP contribution is 2.57. The third kappa shape index (κ3) is 3.78. The number of anilines is 2. The monoisotopic (exact) mass is 514 g/mol. The Balaban J connectivity index is 2.47. The Morgan fingerprint density at radius 2 is 1.50 bits per heavy atom. The Bertz CT molecular complexity index is 1370. The van der Waals surface area contributed by atoms with Gasteiger partial charge in [-0.25, -0.2) is 4.79 Å². The van der Waals surface area contributed by atoms with Crippen LogP contribution in [0.4, 0.5) is 37.7 Å². The number of carbonyl (C=O) groups is 1. The van der Waals surface area contributed by atoms with E-state index in [2.05, 4.69) is 4.74 Å². The van der Waals surface area contributed by atoms with E-state index in [1.54, 1.807) is 6.07 Å². The number of nitriles is 1. The maximum absolute atomic E-state index is 14.5. The molecule has 190 valence electrons. The van der Waals surface area contributed by atoms with E-state index in [1.807, 2.05) is 0 Å². The van der Waals surface area contributed by atoms with Crippen molar-refractivity contribution in [2.45, 2.75) is 17.8 Å². The summed E-state index contributed by atoms with van der Waals surface area (Å²) in [6.45, 7) is 0. The zero-order chi connectivity index (χ0) is 27.2. The van der Waals surface area contributed by atoms with Crippen molar-refractivity contribution in [3.8, 4) is 23.3 Å². The van der Waals surface area contributed by atoms with Crippen LogP contribution in [0, 0.1) is 11.3 Å². The lowest BCUT2D eigenvalue weighted by Gasteiger charge is -2.38. The molecule has 8 nitrogen and oxygen atoms in total. The molecule has 1 heterocycles. The van der Waals surface area contributed by atoms with E-state index in [-0.39, 0.29) is 5.56 Å². The van der Waals surface area contributed by atoms with Gasteiger partial charge in [-0.3, -0.25) is 0 Å². The number of esters is 1. The Kier molecular flexibility index (Phi) is 6.22. The summed E-state index contributed by atoms with van der Waals surface area (Å²) in [5.41, 5.74) is 0.760. The lowest BCUT2D eigenvalue weighted by atomic mass is 9.72. The Labute approximate surface area is 198 Å². The van der Waals surface area contributed by atoms with Gasteiger partial charge in [-0.05, 0) is 35.4 Å². The maximum Gasteiger partial charge on any atom is 0.411 e. The van der Waals surface area contributed by atoms with Crippen LogP contribution in [0.3, 0.4) is 0 Å². The zero-order valence-electron chi connectivity index (χ0n) is 18.1. The van der Waals surface area contributed by atoms with Gasteiger partial charge in [-0.2, -0.15) is 31.6 Å². The fraction of sp³-hybridized carbons (Fsp3) is 0.182. The lowest BCUT2D eigenvalue weighted by molar-refractivity contribution is -0.288. The third-order valence-corrected chi connectivity index (χ3v) is 5.52. The summed E-state index contributed by atoms with van der Waals surface area (Å²) in [6.07, 6.45) is -11.2. The number of aromatic hydroxyl groups is 2. The Morgan fingerprint density at radius 1 is 0.972 bits per heavy atom. The molecule has 0 unspecified atom stereocenters. The zero-order valence-corrected chi connectivity index (χ0v) is 18.1. The highest BCUT2D eigenvalue weighted by molar-refractivity contribution is 5.96. The molecule has 0 aliphatic rings. The van der Waals surface area contributed by atoms with Crippen molar-refractivity contribution in [1.29, 1.82) is 5.26 Å². The summed E-state index contributed by atoms with van der Waals surface area (Å²) in [5.74, 6) is -2.76. The van der Waals surface area contributed by atoms with E-state index < -0.39 is 69.1 Å². The van der Waals surface area contributed by atoms with E-state index in [0.717, 1.165) is 13.3 Å². The Morgan fingerprint density at radius 3 is 1.97 bits per heavy atom. The number of halogens is 6. The molecule has 6 N–H and O–H groups in total.